The molecular formula is C12H13NO3. The molecule has 0 aliphatic rings. The van der Waals surface area contributed by atoms with Gasteiger partial charge in [-0.05, 0) is 25.2 Å². The van der Waals surface area contributed by atoms with Crippen LogP contribution in [0.5, 0.6) is 5.75 Å². The molecule has 1 rings (SSSR count). The number of carbonyl (C=O) groups is 1. The standard InChI is InChI=1S/C12H13NO3/c1-13-7-3-2-4-9-5-6-10(12(15)16)11(14)8-9/h5-6,8,13-14H,3,7H2,1H3,(H,15,16). The van der Waals surface area contributed by atoms with E-state index in [0.29, 0.717) is 12.0 Å². The third-order valence-electron chi connectivity index (χ3n) is 1.96. The molecule has 0 aliphatic heterocycles. The van der Waals surface area contributed by atoms with E-state index < -0.39 is 5.97 Å². The van der Waals surface area contributed by atoms with Crippen LogP contribution in [0.15, 0.2) is 18.2 Å². The third kappa shape index (κ3) is 3.30. The summed E-state index contributed by atoms with van der Waals surface area (Å²) in [6.07, 6.45) is 0.706. The quantitative estimate of drug-likeness (QED) is 0.525. The van der Waals surface area contributed by atoms with Gasteiger partial charge in [-0.2, -0.15) is 0 Å². The number of carboxylic acid groups (broad SMARTS) is 1. The molecule has 0 fully saturated rings. The predicted molar refractivity (Wildman–Crippen MR) is 60.5 cm³/mol. The fourth-order valence-corrected chi connectivity index (χ4v) is 1.14. The fraction of sp³-hybridized carbons (Fsp3) is 0.250. The van der Waals surface area contributed by atoms with Crippen molar-refractivity contribution in [2.75, 3.05) is 13.6 Å². The first kappa shape index (κ1) is 12.1. The third-order valence-corrected chi connectivity index (χ3v) is 1.96. The molecule has 1 aromatic rings. The van der Waals surface area contributed by atoms with E-state index in [4.69, 9.17) is 5.11 Å². The Morgan fingerprint density at radius 1 is 1.50 bits per heavy atom. The van der Waals surface area contributed by atoms with Crippen molar-refractivity contribution in [3.05, 3.63) is 29.3 Å². The van der Waals surface area contributed by atoms with E-state index in [1.165, 1.54) is 12.1 Å². The van der Waals surface area contributed by atoms with Crippen LogP contribution in [0.1, 0.15) is 22.3 Å². The normalized spacial score (nSPS) is 9.31. The summed E-state index contributed by atoms with van der Waals surface area (Å²) in [7, 11) is 1.84. The number of rotatable bonds is 3. The molecule has 0 spiro atoms. The molecular weight excluding hydrogens is 206 g/mol. The molecule has 0 heterocycles. The minimum Gasteiger partial charge on any atom is -0.507 e. The van der Waals surface area contributed by atoms with Crippen molar-refractivity contribution in [1.82, 2.24) is 5.32 Å². The zero-order valence-corrected chi connectivity index (χ0v) is 8.95. The van der Waals surface area contributed by atoms with Crippen LogP contribution in [0.4, 0.5) is 0 Å². The predicted octanol–water partition coefficient (Wildman–Crippen LogP) is 1.05. The number of aromatic hydroxyl groups is 1. The summed E-state index contributed by atoms with van der Waals surface area (Å²) in [5.74, 6) is 4.35. The van der Waals surface area contributed by atoms with Crippen molar-refractivity contribution in [2.45, 2.75) is 6.42 Å². The highest BCUT2D eigenvalue weighted by Crippen LogP contribution is 2.18. The number of aromatic carboxylic acids is 1. The Labute approximate surface area is 93.9 Å². The van der Waals surface area contributed by atoms with Crippen molar-refractivity contribution < 1.29 is 15.0 Å². The van der Waals surface area contributed by atoms with Crippen LogP contribution in [-0.4, -0.2) is 29.8 Å². The lowest BCUT2D eigenvalue weighted by Gasteiger charge is -1.98. The number of benzene rings is 1. The maximum Gasteiger partial charge on any atom is 0.339 e. The fourth-order valence-electron chi connectivity index (χ4n) is 1.14. The van der Waals surface area contributed by atoms with Gasteiger partial charge in [0, 0.05) is 18.5 Å². The highest BCUT2D eigenvalue weighted by molar-refractivity contribution is 5.90. The van der Waals surface area contributed by atoms with Crippen LogP contribution in [0.25, 0.3) is 0 Å². The van der Waals surface area contributed by atoms with Crippen molar-refractivity contribution in [2.24, 2.45) is 0 Å². The first-order chi connectivity index (χ1) is 7.65. The van der Waals surface area contributed by atoms with Gasteiger partial charge in [0.1, 0.15) is 11.3 Å². The first-order valence-electron chi connectivity index (χ1n) is 4.85. The van der Waals surface area contributed by atoms with E-state index >= 15 is 0 Å². The summed E-state index contributed by atoms with van der Waals surface area (Å²) in [5.41, 5.74) is 0.499. The number of nitrogens with one attached hydrogen (secondary N) is 1. The van der Waals surface area contributed by atoms with E-state index in [0.717, 1.165) is 6.54 Å². The van der Waals surface area contributed by atoms with Gasteiger partial charge in [0.2, 0.25) is 0 Å². The molecule has 0 radical (unpaired) electrons. The van der Waals surface area contributed by atoms with E-state index in [2.05, 4.69) is 17.2 Å². The highest BCUT2D eigenvalue weighted by atomic mass is 16.4. The molecule has 0 saturated heterocycles. The molecule has 16 heavy (non-hydrogen) atoms. The molecule has 0 saturated carbocycles. The molecule has 84 valence electrons. The van der Waals surface area contributed by atoms with Gasteiger partial charge in [0.25, 0.3) is 0 Å². The SMILES string of the molecule is CNCCC#Cc1ccc(C(=O)O)c(O)c1. The van der Waals surface area contributed by atoms with Crippen LogP contribution >= 0.6 is 0 Å². The lowest BCUT2D eigenvalue weighted by molar-refractivity contribution is 0.0694. The van der Waals surface area contributed by atoms with E-state index in [1.807, 2.05) is 7.05 Å². The Morgan fingerprint density at radius 3 is 2.81 bits per heavy atom. The highest BCUT2D eigenvalue weighted by Gasteiger charge is 2.08. The minimum absolute atomic E-state index is 0.110. The minimum atomic E-state index is -1.15. The van der Waals surface area contributed by atoms with Gasteiger partial charge in [-0.1, -0.05) is 11.8 Å². The Bertz CT molecular complexity index is 443. The van der Waals surface area contributed by atoms with Crippen molar-refractivity contribution in [3.8, 4) is 17.6 Å². The Morgan fingerprint density at radius 2 is 2.25 bits per heavy atom. The van der Waals surface area contributed by atoms with Gasteiger partial charge in [0.05, 0.1) is 0 Å². The van der Waals surface area contributed by atoms with Gasteiger partial charge in [0.15, 0.2) is 0 Å². The molecule has 0 unspecified atom stereocenters. The Kier molecular flexibility index (Phi) is 4.37. The van der Waals surface area contributed by atoms with Gasteiger partial charge in [-0.3, -0.25) is 0 Å². The largest absolute Gasteiger partial charge is 0.507 e. The van der Waals surface area contributed by atoms with Crippen molar-refractivity contribution in [3.63, 3.8) is 0 Å². The van der Waals surface area contributed by atoms with E-state index in [-0.39, 0.29) is 11.3 Å². The maximum absolute atomic E-state index is 10.6. The van der Waals surface area contributed by atoms with Crippen molar-refractivity contribution in [1.29, 1.82) is 0 Å². The van der Waals surface area contributed by atoms with Gasteiger partial charge in [-0.15, -0.1) is 0 Å². The topological polar surface area (TPSA) is 69.6 Å². The average molecular weight is 219 g/mol. The number of hydrogen-bond acceptors (Lipinski definition) is 3. The molecule has 0 amide bonds. The summed E-state index contributed by atoms with van der Waals surface area (Å²) in [5, 5.41) is 21.1. The average Bonchev–Trinajstić information content (AvgIpc) is 2.24. The smallest absolute Gasteiger partial charge is 0.339 e. The lowest BCUT2D eigenvalue weighted by atomic mass is 10.1. The Hall–Kier alpha value is -1.99. The van der Waals surface area contributed by atoms with Crippen LogP contribution in [0, 0.1) is 11.8 Å². The van der Waals surface area contributed by atoms with Crippen LogP contribution in [-0.2, 0) is 0 Å². The number of carboxylic acids is 1. The number of phenols is 1. The van der Waals surface area contributed by atoms with Crippen LogP contribution in [0.3, 0.4) is 0 Å². The molecule has 4 heteroatoms. The molecule has 0 aliphatic carbocycles. The zero-order chi connectivity index (χ0) is 12.0. The van der Waals surface area contributed by atoms with Gasteiger partial charge in [-0.25, -0.2) is 4.79 Å². The van der Waals surface area contributed by atoms with Crippen LogP contribution < -0.4 is 5.32 Å². The van der Waals surface area contributed by atoms with Gasteiger partial charge < -0.3 is 15.5 Å². The molecule has 1 aromatic carbocycles. The number of hydrogen-bond donors (Lipinski definition) is 3. The van der Waals surface area contributed by atoms with E-state index in [9.17, 15) is 9.90 Å². The molecule has 0 bridgehead atoms. The summed E-state index contributed by atoms with van der Waals surface area (Å²) in [6.45, 7) is 0.798. The van der Waals surface area contributed by atoms with E-state index in [1.54, 1.807) is 6.07 Å². The molecule has 0 atom stereocenters. The second kappa shape index (κ2) is 5.79. The summed E-state index contributed by atoms with van der Waals surface area (Å²) < 4.78 is 0. The molecule has 0 aromatic heterocycles. The first-order valence-corrected chi connectivity index (χ1v) is 4.85. The van der Waals surface area contributed by atoms with Gasteiger partial charge >= 0.3 is 5.97 Å². The van der Waals surface area contributed by atoms with Crippen LogP contribution in [0.2, 0.25) is 0 Å². The summed E-state index contributed by atoms with van der Waals surface area (Å²) >= 11 is 0. The second-order valence-electron chi connectivity index (χ2n) is 3.19. The lowest BCUT2D eigenvalue weighted by Crippen LogP contribution is -2.05. The molecule has 4 nitrogen and oxygen atoms in total. The monoisotopic (exact) mass is 219 g/mol. The Balaban J connectivity index is 2.80. The molecule has 3 N–H and O–H groups in total. The summed E-state index contributed by atoms with van der Waals surface area (Å²) in [6, 6.07) is 4.28. The maximum atomic E-state index is 10.6. The second-order valence-corrected chi connectivity index (χ2v) is 3.19. The summed E-state index contributed by atoms with van der Waals surface area (Å²) in [4.78, 5) is 10.6. The van der Waals surface area contributed by atoms with Crippen molar-refractivity contribution >= 4 is 5.97 Å². The zero-order valence-electron chi connectivity index (χ0n) is 8.95.